The molecule has 2 rings (SSSR count). The van der Waals surface area contributed by atoms with Crippen molar-refractivity contribution in [3.05, 3.63) is 0 Å². The first kappa shape index (κ1) is 15.7. The van der Waals surface area contributed by atoms with Crippen LogP contribution in [0, 0.1) is 11.8 Å². The molecule has 1 aliphatic heterocycles. The van der Waals surface area contributed by atoms with Crippen LogP contribution in [-0.4, -0.2) is 48.6 Å². The van der Waals surface area contributed by atoms with Gasteiger partial charge in [0.2, 0.25) is 0 Å². The summed E-state index contributed by atoms with van der Waals surface area (Å²) in [5.74, 6) is 4.53. The molecule has 1 saturated heterocycles. The predicted octanol–water partition coefficient (Wildman–Crippen LogP) is 3.23. The summed E-state index contributed by atoms with van der Waals surface area (Å²) in [6, 6.07) is 1.47. The Labute approximate surface area is 124 Å². The van der Waals surface area contributed by atoms with Gasteiger partial charge < -0.3 is 10.2 Å². The smallest absolute Gasteiger partial charge is 0.0339 e. The molecule has 0 bridgehead atoms. The van der Waals surface area contributed by atoms with Gasteiger partial charge in [0.25, 0.3) is 0 Å². The first-order valence-corrected chi connectivity index (χ1v) is 9.43. The lowest BCUT2D eigenvalue weighted by atomic mass is 9.75. The fourth-order valence-electron chi connectivity index (χ4n) is 3.97. The molecule has 19 heavy (non-hydrogen) atoms. The molecular formula is C16H32N2S. The molecule has 2 fully saturated rings. The second kappa shape index (κ2) is 7.90. The molecule has 0 aromatic carbocycles. The van der Waals surface area contributed by atoms with Crippen LogP contribution in [0.2, 0.25) is 0 Å². The Morgan fingerprint density at radius 3 is 2.84 bits per heavy atom. The van der Waals surface area contributed by atoms with Crippen LogP contribution in [0.1, 0.15) is 46.0 Å². The van der Waals surface area contributed by atoms with E-state index >= 15 is 0 Å². The molecule has 0 aromatic heterocycles. The van der Waals surface area contributed by atoms with E-state index in [-0.39, 0.29) is 0 Å². The van der Waals surface area contributed by atoms with Gasteiger partial charge in [-0.1, -0.05) is 33.1 Å². The Morgan fingerprint density at radius 1 is 1.32 bits per heavy atom. The molecule has 0 aromatic rings. The largest absolute Gasteiger partial charge is 0.312 e. The fourth-order valence-corrected chi connectivity index (χ4v) is 5.25. The Balaban J connectivity index is 2.01. The maximum atomic E-state index is 3.84. The van der Waals surface area contributed by atoms with Crippen LogP contribution in [0.4, 0.5) is 0 Å². The fraction of sp³-hybridized carbons (Fsp3) is 1.00. The highest BCUT2D eigenvalue weighted by Gasteiger charge is 2.35. The van der Waals surface area contributed by atoms with Crippen molar-refractivity contribution in [1.29, 1.82) is 0 Å². The number of nitrogens with zero attached hydrogens (tertiary/aromatic N) is 1. The quantitative estimate of drug-likeness (QED) is 0.834. The average molecular weight is 285 g/mol. The summed E-state index contributed by atoms with van der Waals surface area (Å²) < 4.78 is 0. The van der Waals surface area contributed by atoms with Crippen LogP contribution >= 0.6 is 11.8 Å². The summed E-state index contributed by atoms with van der Waals surface area (Å²) in [4.78, 5) is 2.61. The average Bonchev–Trinajstić information content (AvgIpc) is 2.46. The Kier molecular flexibility index (Phi) is 6.51. The number of nitrogens with one attached hydrogen (secondary N) is 1. The molecule has 0 amide bonds. The highest BCUT2D eigenvalue weighted by atomic mass is 32.2. The number of thioether (sulfide) groups is 1. The summed E-state index contributed by atoms with van der Waals surface area (Å²) in [5, 5.41) is 3.84. The van der Waals surface area contributed by atoms with Crippen molar-refractivity contribution in [2.75, 3.05) is 31.6 Å². The Bertz CT molecular complexity index is 259. The van der Waals surface area contributed by atoms with E-state index in [1.54, 1.807) is 0 Å². The summed E-state index contributed by atoms with van der Waals surface area (Å²) in [5.41, 5.74) is 0. The van der Waals surface area contributed by atoms with E-state index in [1.165, 1.54) is 50.2 Å². The molecule has 1 heterocycles. The third kappa shape index (κ3) is 4.12. The monoisotopic (exact) mass is 284 g/mol. The zero-order valence-electron chi connectivity index (χ0n) is 13.0. The summed E-state index contributed by atoms with van der Waals surface area (Å²) in [7, 11) is 2.33. The summed E-state index contributed by atoms with van der Waals surface area (Å²) >= 11 is 2.15. The normalized spacial score (nSPS) is 35.2. The van der Waals surface area contributed by atoms with Crippen molar-refractivity contribution in [2.45, 2.75) is 58.0 Å². The van der Waals surface area contributed by atoms with Crippen LogP contribution in [0.15, 0.2) is 0 Å². The third-order valence-corrected chi connectivity index (χ3v) is 6.25. The van der Waals surface area contributed by atoms with Gasteiger partial charge in [-0.15, -0.1) is 0 Å². The van der Waals surface area contributed by atoms with Crippen LogP contribution in [0.5, 0.6) is 0 Å². The molecule has 2 aliphatic rings. The van der Waals surface area contributed by atoms with Gasteiger partial charge in [-0.05, 0) is 38.3 Å². The van der Waals surface area contributed by atoms with Gasteiger partial charge in [-0.3, -0.25) is 0 Å². The number of hydrogen-bond donors (Lipinski definition) is 1. The predicted molar refractivity (Wildman–Crippen MR) is 86.9 cm³/mol. The first-order chi connectivity index (χ1) is 9.26. The Morgan fingerprint density at radius 2 is 2.16 bits per heavy atom. The van der Waals surface area contributed by atoms with Crippen LogP contribution in [-0.2, 0) is 0 Å². The van der Waals surface area contributed by atoms with Crippen LogP contribution < -0.4 is 5.32 Å². The molecule has 0 radical (unpaired) electrons. The van der Waals surface area contributed by atoms with Gasteiger partial charge in [0, 0.05) is 30.1 Å². The van der Waals surface area contributed by atoms with E-state index < -0.39 is 0 Å². The number of likely N-dealkylation sites (N-methyl/N-ethyl adjacent to an activating group) is 2. The Hall–Kier alpha value is 0.270. The lowest BCUT2D eigenvalue weighted by Crippen LogP contribution is -2.56. The van der Waals surface area contributed by atoms with Gasteiger partial charge in [0.05, 0.1) is 0 Å². The molecule has 4 unspecified atom stereocenters. The summed E-state index contributed by atoms with van der Waals surface area (Å²) in [6.45, 7) is 7.02. The lowest BCUT2D eigenvalue weighted by Gasteiger charge is -2.44. The van der Waals surface area contributed by atoms with E-state index in [0.717, 1.165) is 30.5 Å². The van der Waals surface area contributed by atoms with Crippen molar-refractivity contribution in [3.8, 4) is 0 Å². The lowest BCUT2D eigenvalue weighted by molar-refractivity contribution is 0.132. The second-order valence-corrected chi connectivity index (χ2v) is 7.56. The first-order valence-electron chi connectivity index (χ1n) is 8.27. The van der Waals surface area contributed by atoms with Crippen molar-refractivity contribution in [3.63, 3.8) is 0 Å². The van der Waals surface area contributed by atoms with Gasteiger partial charge >= 0.3 is 0 Å². The van der Waals surface area contributed by atoms with E-state index in [0.29, 0.717) is 0 Å². The van der Waals surface area contributed by atoms with Crippen molar-refractivity contribution < 1.29 is 0 Å². The van der Waals surface area contributed by atoms with E-state index in [1.807, 2.05) is 0 Å². The maximum Gasteiger partial charge on any atom is 0.0339 e. The zero-order valence-corrected chi connectivity index (χ0v) is 13.8. The van der Waals surface area contributed by atoms with Gasteiger partial charge in [0.15, 0.2) is 0 Å². The van der Waals surface area contributed by atoms with Crippen molar-refractivity contribution in [2.24, 2.45) is 11.8 Å². The molecular weight excluding hydrogens is 252 g/mol. The minimum Gasteiger partial charge on any atom is -0.312 e. The molecule has 1 N–H and O–H groups in total. The zero-order chi connectivity index (χ0) is 13.7. The van der Waals surface area contributed by atoms with E-state index in [9.17, 15) is 0 Å². The minimum absolute atomic E-state index is 0.720. The minimum atomic E-state index is 0.720. The molecule has 2 nitrogen and oxygen atoms in total. The molecule has 3 heteroatoms. The van der Waals surface area contributed by atoms with Gasteiger partial charge in [0.1, 0.15) is 0 Å². The maximum absolute atomic E-state index is 3.84. The van der Waals surface area contributed by atoms with Gasteiger partial charge in [-0.2, -0.15) is 11.8 Å². The van der Waals surface area contributed by atoms with E-state index in [4.69, 9.17) is 0 Å². The van der Waals surface area contributed by atoms with Gasteiger partial charge in [-0.25, -0.2) is 0 Å². The molecule has 0 spiro atoms. The SMILES string of the molecule is CCNC(C1CCCC(CC)C1)C1CSCCN1C. The van der Waals surface area contributed by atoms with Crippen molar-refractivity contribution in [1.82, 2.24) is 10.2 Å². The van der Waals surface area contributed by atoms with Crippen molar-refractivity contribution >= 4 is 11.8 Å². The molecule has 4 atom stereocenters. The standard InChI is InChI=1S/C16H32N2S/c1-4-13-7-6-8-14(11-13)16(17-5-2)15-12-19-10-9-18(15)3/h13-17H,4-12H2,1-3H3. The number of hydrogen-bond acceptors (Lipinski definition) is 3. The molecule has 1 saturated carbocycles. The van der Waals surface area contributed by atoms with E-state index in [2.05, 4.69) is 42.9 Å². The molecule has 112 valence electrons. The second-order valence-electron chi connectivity index (χ2n) is 6.41. The van der Waals surface area contributed by atoms with Crippen LogP contribution in [0.3, 0.4) is 0 Å². The topological polar surface area (TPSA) is 15.3 Å². The van der Waals surface area contributed by atoms with Crippen LogP contribution in [0.25, 0.3) is 0 Å². The number of rotatable bonds is 5. The highest BCUT2D eigenvalue weighted by Crippen LogP contribution is 2.35. The molecule has 1 aliphatic carbocycles. The third-order valence-electron chi connectivity index (χ3n) is 5.21. The summed E-state index contributed by atoms with van der Waals surface area (Å²) in [6.07, 6.45) is 7.21. The highest BCUT2D eigenvalue weighted by molar-refractivity contribution is 7.99.